The maximum atomic E-state index is 9.85. The lowest BCUT2D eigenvalue weighted by atomic mass is 10.1. The molecule has 0 radical (unpaired) electrons. The SMILES string of the molecule is CC(C)(O)c1cn(Cc2cc(-c3cccs3)on2)nn1. The van der Waals surface area contributed by atoms with Gasteiger partial charge in [0.1, 0.15) is 17.0 Å². The molecule has 0 unspecified atom stereocenters. The van der Waals surface area contributed by atoms with Gasteiger partial charge in [-0.15, -0.1) is 16.4 Å². The number of thiophene rings is 1. The summed E-state index contributed by atoms with van der Waals surface area (Å²) in [4.78, 5) is 1.04. The van der Waals surface area contributed by atoms with Crippen molar-refractivity contribution in [2.24, 2.45) is 0 Å². The van der Waals surface area contributed by atoms with Gasteiger partial charge in [0.2, 0.25) is 0 Å². The van der Waals surface area contributed by atoms with Crippen molar-refractivity contribution < 1.29 is 9.63 Å². The van der Waals surface area contributed by atoms with E-state index < -0.39 is 5.60 Å². The Kier molecular flexibility index (Phi) is 3.15. The van der Waals surface area contributed by atoms with E-state index in [-0.39, 0.29) is 0 Å². The van der Waals surface area contributed by atoms with E-state index in [2.05, 4.69) is 15.5 Å². The molecule has 0 aliphatic carbocycles. The molecular formula is C13H14N4O2S. The largest absolute Gasteiger partial charge is 0.384 e. The first kappa shape index (κ1) is 13.0. The van der Waals surface area contributed by atoms with E-state index in [1.807, 2.05) is 23.6 Å². The van der Waals surface area contributed by atoms with Crippen LogP contribution in [0.2, 0.25) is 0 Å². The highest BCUT2D eigenvalue weighted by Crippen LogP contribution is 2.25. The van der Waals surface area contributed by atoms with Gasteiger partial charge in [-0.1, -0.05) is 16.4 Å². The van der Waals surface area contributed by atoms with Gasteiger partial charge in [0.15, 0.2) is 5.76 Å². The average Bonchev–Trinajstić information content (AvgIpc) is 3.08. The van der Waals surface area contributed by atoms with E-state index in [9.17, 15) is 5.11 Å². The molecule has 0 aliphatic rings. The monoisotopic (exact) mass is 290 g/mol. The lowest BCUT2D eigenvalue weighted by molar-refractivity contribution is 0.0737. The van der Waals surface area contributed by atoms with Crippen molar-refractivity contribution in [1.82, 2.24) is 20.2 Å². The number of aliphatic hydroxyl groups is 1. The summed E-state index contributed by atoms with van der Waals surface area (Å²) in [5.74, 6) is 0.748. The van der Waals surface area contributed by atoms with Crippen molar-refractivity contribution in [3.8, 4) is 10.6 Å². The van der Waals surface area contributed by atoms with E-state index in [4.69, 9.17) is 4.52 Å². The summed E-state index contributed by atoms with van der Waals surface area (Å²) in [6, 6.07) is 5.84. The second kappa shape index (κ2) is 4.84. The molecule has 0 fully saturated rings. The number of hydrogen-bond donors (Lipinski definition) is 1. The highest BCUT2D eigenvalue weighted by molar-refractivity contribution is 7.13. The summed E-state index contributed by atoms with van der Waals surface area (Å²) in [7, 11) is 0. The van der Waals surface area contributed by atoms with Crippen LogP contribution in [0, 0.1) is 0 Å². The number of rotatable bonds is 4. The van der Waals surface area contributed by atoms with E-state index in [0.717, 1.165) is 16.3 Å². The second-order valence-corrected chi connectivity index (χ2v) is 5.97. The van der Waals surface area contributed by atoms with Crippen molar-refractivity contribution in [3.05, 3.63) is 41.2 Å². The van der Waals surface area contributed by atoms with Gasteiger partial charge >= 0.3 is 0 Å². The molecule has 6 nitrogen and oxygen atoms in total. The van der Waals surface area contributed by atoms with Crippen LogP contribution in [-0.2, 0) is 12.1 Å². The first-order chi connectivity index (χ1) is 9.52. The van der Waals surface area contributed by atoms with Gasteiger partial charge in [-0.25, -0.2) is 4.68 Å². The minimum absolute atomic E-state index is 0.456. The van der Waals surface area contributed by atoms with Gasteiger partial charge < -0.3 is 9.63 Å². The minimum atomic E-state index is -0.996. The standard InChI is InChI=1S/C13H14N4O2S/c1-13(2,18)12-8-17(16-14-12)7-9-6-10(19-15-9)11-4-3-5-20-11/h3-6,8,18H,7H2,1-2H3. The Morgan fingerprint density at radius 3 is 2.95 bits per heavy atom. The minimum Gasteiger partial charge on any atom is -0.384 e. The summed E-state index contributed by atoms with van der Waals surface area (Å²) >= 11 is 1.60. The van der Waals surface area contributed by atoms with Crippen molar-refractivity contribution in [1.29, 1.82) is 0 Å². The normalized spacial score (nSPS) is 11.9. The molecule has 0 bridgehead atoms. The second-order valence-electron chi connectivity index (χ2n) is 5.02. The lowest BCUT2D eigenvalue weighted by Gasteiger charge is -2.11. The quantitative estimate of drug-likeness (QED) is 0.797. The van der Waals surface area contributed by atoms with Gasteiger partial charge in [-0.05, 0) is 25.3 Å². The molecule has 104 valence electrons. The van der Waals surface area contributed by atoms with Crippen LogP contribution >= 0.6 is 11.3 Å². The molecule has 20 heavy (non-hydrogen) atoms. The average molecular weight is 290 g/mol. The molecule has 7 heteroatoms. The smallest absolute Gasteiger partial charge is 0.177 e. The molecule has 0 saturated heterocycles. The van der Waals surface area contributed by atoms with Crippen molar-refractivity contribution in [3.63, 3.8) is 0 Å². The molecule has 0 spiro atoms. The Morgan fingerprint density at radius 1 is 1.45 bits per heavy atom. The molecule has 1 N–H and O–H groups in total. The Bertz CT molecular complexity index is 694. The topological polar surface area (TPSA) is 77.0 Å². The maximum Gasteiger partial charge on any atom is 0.177 e. The number of hydrogen-bond acceptors (Lipinski definition) is 6. The molecular weight excluding hydrogens is 276 g/mol. The van der Waals surface area contributed by atoms with Gasteiger partial charge in [0, 0.05) is 6.07 Å². The maximum absolute atomic E-state index is 9.85. The summed E-state index contributed by atoms with van der Waals surface area (Å²) in [5, 5.41) is 23.8. The van der Waals surface area contributed by atoms with Crippen LogP contribution in [0.15, 0.2) is 34.3 Å². The molecule has 3 aromatic rings. The zero-order valence-corrected chi connectivity index (χ0v) is 12.0. The van der Waals surface area contributed by atoms with Crippen LogP contribution in [0.3, 0.4) is 0 Å². The Hall–Kier alpha value is -1.99. The molecule has 0 saturated carbocycles. The number of aromatic nitrogens is 4. The molecule has 0 atom stereocenters. The summed E-state index contributed by atoms with van der Waals surface area (Å²) in [6.45, 7) is 3.80. The van der Waals surface area contributed by atoms with Crippen LogP contribution in [-0.4, -0.2) is 25.3 Å². The zero-order chi connectivity index (χ0) is 14.2. The molecule has 0 aromatic carbocycles. The summed E-state index contributed by atoms with van der Waals surface area (Å²) < 4.78 is 6.93. The lowest BCUT2D eigenvalue weighted by Crippen LogP contribution is -2.15. The van der Waals surface area contributed by atoms with Crippen LogP contribution in [0.4, 0.5) is 0 Å². The molecule has 3 rings (SSSR count). The highest BCUT2D eigenvalue weighted by Gasteiger charge is 2.20. The first-order valence-corrected chi connectivity index (χ1v) is 7.03. The van der Waals surface area contributed by atoms with Crippen molar-refractivity contribution >= 4 is 11.3 Å². The third-order valence-electron chi connectivity index (χ3n) is 2.81. The van der Waals surface area contributed by atoms with Crippen LogP contribution < -0.4 is 0 Å². The van der Waals surface area contributed by atoms with E-state index >= 15 is 0 Å². The van der Waals surface area contributed by atoms with Crippen molar-refractivity contribution in [2.75, 3.05) is 0 Å². The van der Waals surface area contributed by atoms with Crippen LogP contribution in [0.5, 0.6) is 0 Å². The zero-order valence-electron chi connectivity index (χ0n) is 11.1. The fraction of sp³-hybridized carbons (Fsp3) is 0.308. The third kappa shape index (κ3) is 2.63. The summed E-state index contributed by atoms with van der Waals surface area (Å²) in [6.07, 6.45) is 1.71. The van der Waals surface area contributed by atoms with E-state index in [1.165, 1.54) is 0 Å². The summed E-state index contributed by atoms with van der Waals surface area (Å²) in [5.41, 5.74) is 0.296. The first-order valence-electron chi connectivity index (χ1n) is 6.15. The third-order valence-corrected chi connectivity index (χ3v) is 3.70. The molecule has 3 heterocycles. The Balaban J connectivity index is 1.77. The van der Waals surface area contributed by atoms with E-state index in [1.54, 1.807) is 36.1 Å². The molecule has 0 amide bonds. The fourth-order valence-electron chi connectivity index (χ4n) is 1.74. The predicted octanol–water partition coefficient (Wildman–Crippen LogP) is 2.27. The van der Waals surface area contributed by atoms with Gasteiger partial charge in [0.05, 0.1) is 17.6 Å². The Labute approximate surface area is 119 Å². The Morgan fingerprint density at radius 2 is 2.30 bits per heavy atom. The molecule has 0 aliphatic heterocycles. The predicted molar refractivity (Wildman–Crippen MR) is 74.2 cm³/mol. The van der Waals surface area contributed by atoms with Gasteiger partial charge in [0.25, 0.3) is 0 Å². The van der Waals surface area contributed by atoms with E-state index in [0.29, 0.717) is 12.2 Å². The molecule has 3 aromatic heterocycles. The van der Waals surface area contributed by atoms with Gasteiger partial charge in [-0.3, -0.25) is 0 Å². The highest BCUT2D eigenvalue weighted by atomic mass is 32.1. The van der Waals surface area contributed by atoms with Crippen LogP contribution in [0.1, 0.15) is 25.2 Å². The number of nitrogens with zero attached hydrogens (tertiary/aromatic N) is 4. The van der Waals surface area contributed by atoms with Gasteiger partial charge in [-0.2, -0.15) is 0 Å². The van der Waals surface area contributed by atoms with Crippen LogP contribution in [0.25, 0.3) is 10.6 Å². The van der Waals surface area contributed by atoms with Crippen molar-refractivity contribution in [2.45, 2.75) is 26.0 Å². The fourth-order valence-corrected chi connectivity index (χ4v) is 2.42.